The number of pyridine rings is 1. The third-order valence-corrected chi connectivity index (χ3v) is 12.4. The molecule has 270 valence electrons. The molecule has 10 nitrogen and oxygen atoms in total. The maximum Gasteiger partial charge on any atom is 0.252 e. The number of hydrogen-bond donors (Lipinski definition) is 0. The van der Waals surface area contributed by atoms with Gasteiger partial charge in [-0.3, -0.25) is 14.4 Å². The highest BCUT2D eigenvalue weighted by atomic mass is 35.5. The summed E-state index contributed by atoms with van der Waals surface area (Å²) in [6.07, 6.45) is 7.32. The van der Waals surface area contributed by atoms with Crippen LogP contribution in [0.25, 0.3) is 0 Å². The average molecular weight is 705 g/mol. The molecule has 1 aromatic heterocycles. The summed E-state index contributed by atoms with van der Waals surface area (Å²) in [5, 5.41) is 0.651. The smallest absolute Gasteiger partial charge is 0.252 e. The zero-order valence-corrected chi connectivity index (χ0v) is 30.6. The van der Waals surface area contributed by atoms with Crippen molar-refractivity contribution in [1.29, 1.82) is 0 Å². The maximum atomic E-state index is 15.1. The van der Waals surface area contributed by atoms with Gasteiger partial charge in [-0.2, -0.15) is 0 Å². The SMILES string of the molecule is CN1CCN(C(=O)[C@@H]2C[C@H](N(C(=O)C3CCCO3)C3CCC(C)(C)CC3)CN2C(=O)[C@@H]2CN(c3ccccn3)C[C@H]2c2ccc(Cl)cc2)CC1. The summed E-state index contributed by atoms with van der Waals surface area (Å²) >= 11 is 6.30. The minimum absolute atomic E-state index is 0.00543. The van der Waals surface area contributed by atoms with E-state index >= 15 is 4.79 Å². The Bertz CT molecular complexity index is 1500. The lowest BCUT2D eigenvalue weighted by molar-refractivity contribution is -0.148. The van der Waals surface area contributed by atoms with Gasteiger partial charge in [-0.05, 0) is 87.2 Å². The summed E-state index contributed by atoms with van der Waals surface area (Å²) in [6, 6.07) is 12.9. The Morgan fingerprint density at radius 2 is 1.64 bits per heavy atom. The van der Waals surface area contributed by atoms with E-state index in [9.17, 15) is 9.59 Å². The van der Waals surface area contributed by atoms with Gasteiger partial charge in [-0.1, -0.05) is 43.6 Å². The third-order valence-electron chi connectivity index (χ3n) is 12.1. The standard InChI is InChI=1S/C39H53ClN6O4/c1-39(2)15-13-29(14-16-39)46(38(49)34-7-6-22-50-34)30-23-33(37(48)43-20-18-42(3)19-21-43)45(24-30)36(47)32-26-44(35-8-4-5-17-41-35)25-31(32)27-9-11-28(40)12-10-27/h4-5,8-12,17,29-34H,6-7,13-16,18-26H2,1-3H3/t30-,31-,32+,33-,34?/m0/s1. The van der Waals surface area contributed by atoms with E-state index in [-0.39, 0.29) is 41.1 Å². The van der Waals surface area contributed by atoms with E-state index in [1.165, 1.54) is 0 Å². The number of nitrogens with zero attached hydrogens (tertiary/aromatic N) is 6. The van der Waals surface area contributed by atoms with Gasteiger partial charge in [0.05, 0.1) is 12.0 Å². The van der Waals surface area contributed by atoms with Crippen LogP contribution in [0.3, 0.4) is 0 Å². The van der Waals surface area contributed by atoms with Crippen LogP contribution in [0.2, 0.25) is 5.02 Å². The van der Waals surface area contributed by atoms with Crippen LogP contribution >= 0.6 is 11.6 Å². The molecule has 50 heavy (non-hydrogen) atoms. The molecule has 5 aliphatic rings. The molecule has 5 atom stereocenters. The predicted molar refractivity (Wildman–Crippen MR) is 194 cm³/mol. The highest BCUT2D eigenvalue weighted by Crippen LogP contribution is 2.42. The van der Waals surface area contributed by atoms with E-state index in [1.54, 1.807) is 6.20 Å². The van der Waals surface area contributed by atoms with Crippen LogP contribution in [-0.4, -0.2) is 126 Å². The van der Waals surface area contributed by atoms with Crippen molar-refractivity contribution in [2.75, 3.05) is 64.4 Å². The number of carbonyl (C=O) groups excluding carboxylic acids is 3. The van der Waals surface area contributed by atoms with Crippen molar-refractivity contribution in [3.8, 4) is 0 Å². The van der Waals surface area contributed by atoms with Gasteiger partial charge in [0.25, 0.3) is 5.91 Å². The Morgan fingerprint density at radius 3 is 2.30 bits per heavy atom. The van der Waals surface area contributed by atoms with Crippen LogP contribution in [0.15, 0.2) is 48.7 Å². The second kappa shape index (κ2) is 14.8. The van der Waals surface area contributed by atoms with Crippen LogP contribution < -0.4 is 4.90 Å². The monoisotopic (exact) mass is 704 g/mol. The molecule has 11 heteroatoms. The first-order valence-corrected chi connectivity index (χ1v) is 19.1. The number of amides is 3. The molecule has 4 aliphatic heterocycles. The van der Waals surface area contributed by atoms with Crippen molar-refractivity contribution in [3.05, 3.63) is 59.2 Å². The van der Waals surface area contributed by atoms with Crippen molar-refractivity contribution in [2.24, 2.45) is 11.3 Å². The Kier molecular flexibility index (Phi) is 10.4. The molecule has 5 heterocycles. The van der Waals surface area contributed by atoms with Gasteiger partial charge in [0, 0.05) is 75.6 Å². The van der Waals surface area contributed by atoms with Crippen LogP contribution in [0.1, 0.15) is 70.3 Å². The lowest BCUT2D eigenvalue weighted by atomic mass is 9.75. The van der Waals surface area contributed by atoms with Crippen molar-refractivity contribution < 1.29 is 19.1 Å². The van der Waals surface area contributed by atoms with E-state index in [0.29, 0.717) is 50.8 Å². The molecule has 3 amide bonds. The summed E-state index contributed by atoms with van der Waals surface area (Å²) in [4.78, 5) is 59.0. The minimum Gasteiger partial charge on any atom is -0.368 e. The Labute approximate surface area is 302 Å². The number of carbonyl (C=O) groups is 3. The van der Waals surface area contributed by atoms with E-state index in [1.807, 2.05) is 52.3 Å². The van der Waals surface area contributed by atoms with Crippen molar-refractivity contribution >= 4 is 35.1 Å². The fourth-order valence-electron chi connectivity index (χ4n) is 9.03. The first kappa shape index (κ1) is 35.2. The molecule has 4 saturated heterocycles. The first-order valence-electron chi connectivity index (χ1n) is 18.7. The number of benzene rings is 1. The first-order chi connectivity index (χ1) is 24.1. The zero-order chi connectivity index (χ0) is 35.0. The molecule has 0 N–H and O–H groups in total. The van der Waals surface area contributed by atoms with Crippen LogP contribution in [-0.2, 0) is 19.1 Å². The van der Waals surface area contributed by atoms with Gasteiger partial charge in [0.15, 0.2) is 0 Å². The Hall–Kier alpha value is -3.21. The highest BCUT2D eigenvalue weighted by molar-refractivity contribution is 6.30. The largest absolute Gasteiger partial charge is 0.368 e. The predicted octanol–water partition coefficient (Wildman–Crippen LogP) is 4.67. The summed E-state index contributed by atoms with van der Waals surface area (Å²) in [5.41, 5.74) is 1.29. The average Bonchev–Trinajstić information content (AvgIpc) is 3.91. The summed E-state index contributed by atoms with van der Waals surface area (Å²) in [6.45, 7) is 9.58. The number of hydrogen-bond acceptors (Lipinski definition) is 7. The summed E-state index contributed by atoms with van der Waals surface area (Å²) in [7, 11) is 2.08. The molecule has 2 aromatic rings. The number of anilines is 1. The molecule has 1 aliphatic carbocycles. The topological polar surface area (TPSA) is 89.5 Å². The lowest BCUT2D eigenvalue weighted by Crippen LogP contribution is -2.54. The van der Waals surface area contributed by atoms with Gasteiger partial charge >= 0.3 is 0 Å². The number of aromatic nitrogens is 1. The molecule has 7 rings (SSSR count). The maximum absolute atomic E-state index is 15.1. The number of ether oxygens (including phenoxy) is 1. The van der Waals surface area contributed by atoms with E-state index in [4.69, 9.17) is 16.3 Å². The van der Waals surface area contributed by atoms with E-state index in [0.717, 1.165) is 63.0 Å². The number of piperazine rings is 1. The molecule has 5 fully saturated rings. The Balaban J connectivity index is 1.21. The number of rotatable bonds is 7. The molecular formula is C39H53ClN6O4. The van der Waals surface area contributed by atoms with Gasteiger partial charge in [-0.25, -0.2) is 4.98 Å². The second-order valence-electron chi connectivity index (χ2n) is 16.0. The Morgan fingerprint density at radius 1 is 0.900 bits per heavy atom. The fraction of sp³-hybridized carbons (Fsp3) is 0.641. The molecule has 0 bridgehead atoms. The molecule has 0 radical (unpaired) electrons. The summed E-state index contributed by atoms with van der Waals surface area (Å²) in [5.74, 6) is 0.361. The molecule has 1 aromatic carbocycles. The van der Waals surface area contributed by atoms with E-state index < -0.39 is 18.1 Å². The van der Waals surface area contributed by atoms with Gasteiger partial charge in [0.1, 0.15) is 18.0 Å². The normalized spacial score (nSPS) is 29.0. The fourth-order valence-corrected chi connectivity index (χ4v) is 9.16. The van der Waals surface area contributed by atoms with E-state index in [2.05, 4.69) is 40.6 Å². The molecule has 1 unspecified atom stereocenters. The number of halogens is 1. The van der Waals surface area contributed by atoms with Crippen molar-refractivity contribution in [3.63, 3.8) is 0 Å². The number of likely N-dealkylation sites (tertiary alicyclic amines) is 1. The molecule has 1 saturated carbocycles. The zero-order valence-electron chi connectivity index (χ0n) is 29.9. The van der Waals surface area contributed by atoms with Crippen LogP contribution in [0.5, 0.6) is 0 Å². The van der Waals surface area contributed by atoms with Gasteiger partial charge in [-0.15, -0.1) is 0 Å². The molecule has 0 spiro atoms. The second-order valence-corrected chi connectivity index (χ2v) is 16.5. The summed E-state index contributed by atoms with van der Waals surface area (Å²) < 4.78 is 5.98. The van der Waals surface area contributed by atoms with Gasteiger partial charge in [0.2, 0.25) is 11.8 Å². The molecular weight excluding hydrogens is 652 g/mol. The third kappa shape index (κ3) is 7.39. The van der Waals surface area contributed by atoms with Crippen LogP contribution in [0, 0.1) is 11.3 Å². The number of likely N-dealkylation sites (N-methyl/N-ethyl adjacent to an activating group) is 1. The lowest BCUT2D eigenvalue weighted by Gasteiger charge is -2.43. The van der Waals surface area contributed by atoms with Gasteiger partial charge < -0.3 is 29.2 Å². The minimum atomic E-state index is -0.620. The van der Waals surface area contributed by atoms with Crippen molar-refractivity contribution in [2.45, 2.75) is 88.9 Å². The quantitative estimate of drug-likeness (QED) is 0.414. The van der Waals surface area contributed by atoms with Crippen molar-refractivity contribution in [1.82, 2.24) is 24.6 Å². The highest BCUT2D eigenvalue weighted by Gasteiger charge is 2.51. The van der Waals surface area contributed by atoms with Crippen LogP contribution in [0.4, 0.5) is 5.82 Å².